The zero-order valence-electron chi connectivity index (χ0n) is 18.0. The summed E-state index contributed by atoms with van der Waals surface area (Å²) in [6, 6.07) is 5.14. The first-order chi connectivity index (χ1) is 15.1. The number of aromatic nitrogens is 3. The highest BCUT2D eigenvalue weighted by molar-refractivity contribution is 5.88. The Morgan fingerprint density at radius 3 is 2.56 bits per heavy atom. The molecule has 3 heterocycles. The molecule has 4 rings (SSSR count). The van der Waals surface area contributed by atoms with Gasteiger partial charge in [-0.15, -0.1) is 0 Å². The molecule has 1 aliphatic heterocycles. The highest BCUT2D eigenvalue weighted by Crippen LogP contribution is 2.35. The van der Waals surface area contributed by atoms with Crippen molar-refractivity contribution in [2.45, 2.75) is 33.0 Å². The number of anilines is 1. The minimum absolute atomic E-state index is 0.167. The molecule has 1 aliphatic rings. The Kier molecular flexibility index (Phi) is 5.81. The van der Waals surface area contributed by atoms with E-state index in [1.165, 1.54) is 23.7 Å². The van der Waals surface area contributed by atoms with E-state index in [0.717, 1.165) is 6.07 Å². The fraction of sp³-hybridized carbons (Fsp3) is 0.409. The Morgan fingerprint density at radius 2 is 1.88 bits per heavy atom. The van der Waals surface area contributed by atoms with Gasteiger partial charge in [0, 0.05) is 12.3 Å². The van der Waals surface area contributed by atoms with Gasteiger partial charge in [0.05, 0.1) is 48.8 Å². The molecule has 1 aromatic carbocycles. The van der Waals surface area contributed by atoms with Crippen LogP contribution in [0.1, 0.15) is 35.5 Å². The van der Waals surface area contributed by atoms with Crippen LogP contribution in [0.4, 0.5) is 19.0 Å². The Hall–Kier alpha value is -3.14. The zero-order valence-corrected chi connectivity index (χ0v) is 18.0. The molecule has 0 aliphatic carbocycles. The fourth-order valence-electron chi connectivity index (χ4n) is 4.02. The summed E-state index contributed by atoms with van der Waals surface area (Å²) < 4.78 is 46.9. The first-order valence-corrected chi connectivity index (χ1v) is 10.3. The Morgan fingerprint density at radius 1 is 1.16 bits per heavy atom. The van der Waals surface area contributed by atoms with Gasteiger partial charge in [-0.25, -0.2) is 14.6 Å². The summed E-state index contributed by atoms with van der Waals surface area (Å²) >= 11 is 0. The maximum Gasteiger partial charge on any atom is 0.416 e. The number of benzene rings is 1. The van der Waals surface area contributed by atoms with Crippen LogP contribution < -0.4 is 15.9 Å². The third-order valence-corrected chi connectivity index (χ3v) is 5.62. The van der Waals surface area contributed by atoms with Crippen molar-refractivity contribution in [3.05, 3.63) is 63.3 Å². The molecule has 1 atom stereocenters. The summed E-state index contributed by atoms with van der Waals surface area (Å²) in [6.45, 7) is 7.14. The molecule has 2 aromatic heterocycles. The molecular formula is C22H24F3N5O2. The molecule has 1 unspecified atom stereocenters. The number of aryl methyl sites for hydroxylation is 1. The topological polar surface area (TPSA) is 72.3 Å². The van der Waals surface area contributed by atoms with E-state index in [1.54, 1.807) is 26.1 Å². The molecule has 0 spiro atoms. The Labute approximate surface area is 182 Å². The predicted octanol–water partition coefficient (Wildman–Crippen LogP) is 3.57. The number of halogens is 3. The maximum absolute atomic E-state index is 13.4. The third kappa shape index (κ3) is 4.27. The molecule has 0 amide bonds. The van der Waals surface area contributed by atoms with E-state index in [9.17, 15) is 18.0 Å². The molecule has 170 valence electrons. The van der Waals surface area contributed by atoms with Crippen molar-refractivity contribution < 1.29 is 17.9 Å². The summed E-state index contributed by atoms with van der Waals surface area (Å²) in [6.07, 6.45) is -2.75. The van der Waals surface area contributed by atoms with E-state index in [-0.39, 0.29) is 11.1 Å². The van der Waals surface area contributed by atoms with Crippen LogP contribution in [0.2, 0.25) is 0 Å². The minimum atomic E-state index is -4.42. The number of nitrogens with zero attached hydrogens (tertiary/aromatic N) is 4. The number of hydrogen-bond donors (Lipinski definition) is 1. The zero-order chi connectivity index (χ0) is 23.0. The van der Waals surface area contributed by atoms with Crippen molar-refractivity contribution in [3.8, 4) is 0 Å². The summed E-state index contributed by atoms with van der Waals surface area (Å²) in [7, 11) is 0. The van der Waals surface area contributed by atoms with Gasteiger partial charge in [-0.3, -0.25) is 4.79 Å². The van der Waals surface area contributed by atoms with Crippen molar-refractivity contribution in [1.29, 1.82) is 0 Å². The molecule has 7 nitrogen and oxygen atoms in total. The van der Waals surface area contributed by atoms with Crippen molar-refractivity contribution in [1.82, 2.24) is 14.6 Å². The second-order valence-electron chi connectivity index (χ2n) is 7.82. The van der Waals surface area contributed by atoms with Gasteiger partial charge in [0.25, 0.3) is 5.56 Å². The third-order valence-electron chi connectivity index (χ3n) is 5.62. The number of hydrogen-bond acceptors (Lipinski definition) is 6. The van der Waals surface area contributed by atoms with E-state index in [4.69, 9.17) is 4.74 Å². The number of nitrogens with one attached hydrogen (secondary N) is 1. The van der Waals surface area contributed by atoms with Gasteiger partial charge in [-0.1, -0.05) is 12.1 Å². The smallest absolute Gasteiger partial charge is 0.378 e. The number of rotatable bonds is 4. The predicted molar refractivity (Wildman–Crippen MR) is 116 cm³/mol. The van der Waals surface area contributed by atoms with Crippen molar-refractivity contribution in [2.75, 3.05) is 36.6 Å². The standard InChI is InChI=1S/C22H24F3N5O2/c1-13-16(5-4-6-18(13)22(23,24)25)14(2)26-21-17-12-30(29-7-9-32-10-8-29)20(31)11-19(17)27-15(3)28-21/h4-6,11-12,14H,7-10H2,1-3H3,(H,26,27,28). The first kappa shape index (κ1) is 22.1. The van der Waals surface area contributed by atoms with E-state index >= 15 is 0 Å². The summed E-state index contributed by atoms with van der Waals surface area (Å²) in [5.74, 6) is 0.912. The molecule has 32 heavy (non-hydrogen) atoms. The lowest BCUT2D eigenvalue weighted by atomic mass is 9.97. The van der Waals surface area contributed by atoms with Gasteiger partial charge in [-0.05, 0) is 38.0 Å². The Bertz CT molecular complexity index is 1200. The molecule has 0 bridgehead atoms. The van der Waals surface area contributed by atoms with Gasteiger partial charge in [0.1, 0.15) is 11.6 Å². The molecule has 0 saturated carbocycles. The monoisotopic (exact) mass is 447 g/mol. The highest BCUT2D eigenvalue weighted by Gasteiger charge is 2.33. The van der Waals surface area contributed by atoms with E-state index in [2.05, 4.69) is 15.3 Å². The number of fused-ring (bicyclic) bond motifs is 1. The lowest BCUT2D eigenvalue weighted by molar-refractivity contribution is -0.138. The van der Waals surface area contributed by atoms with Crippen LogP contribution in [0.15, 0.2) is 35.3 Å². The average Bonchev–Trinajstić information content (AvgIpc) is 2.73. The van der Waals surface area contributed by atoms with Crippen molar-refractivity contribution in [3.63, 3.8) is 0 Å². The van der Waals surface area contributed by atoms with Crippen LogP contribution in [-0.2, 0) is 10.9 Å². The first-order valence-electron chi connectivity index (χ1n) is 10.3. The van der Waals surface area contributed by atoms with E-state index in [0.29, 0.717) is 54.4 Å². The molecule has 0 radical (unpaired) electrons. The largest absolute Gasteiger partial charge is 0.416 e. The van der Waals surface area contributed by atoms with Gasteiger partial charge in [-0.2, -0.15) is 13.2 Å². The molecule has 1 N–H and O–H groups in total. The van der Waals surface area contributed by atoms with E-state index < -0.39 is 17.8 Å². The van der Waals surface area contributed by atoms with Crippen LogP contribution in [0.5, 0.6) is 0 Å². The van der Waals surface area contributed by atoms with E-state index in [1.807, 2.05) is 5.01 Å². The number of pyridine rings is 1. The normalized spacial score (nSPS) is 15.8. The minimum Gasteiger partial charge on any atom is -0.378 e. The van der Waals surface area contributed by atoms with Crippen LogP contribution >= 0.6 is 0 Å². The van der Waals surface area contributed by atoms with Gasteiger partial charge in [0.2, 0.25) is 0 Å². The van der Waals surface area contributed by atoms with Gasteiger partial charge in [0.15, 0.2) is 0 Å². The molecule has 10 heteroatoms. The van der Waals surface area contributed by atoms with Crippen LogP contribution in [0.3, 0.4) is 0 Å². The summed E-state index contributed by atoms with van der Waals surface area (Å²) in [5, 5.41) is 5.73. The highest BCUT2D eigenvalue weighted by atomic mass is 19.4. The summed E-state index contributed by atoms with van der Waals surface area (Å²) in [5.41, 5.74) is 0.285. The Balaban J connectivity index is 1.75. The number of alkyl halides is 3. The van der Waals surface area contributed by atoms with Crippen LogP contribution in [0.25, 0.3) is 10.9 Å². The number of morpholine rings is 1. The summed E-state index contributed by atoms with van der Waals surface area (Å²) in [4.78, 5) is 21.5. The fourth-order valence-corrected chi connectivity index (χ4v) is 4.02. The van der Waals surface area contributed by atoms with Crippen LogP contribution in [0, 0.1) is 13.8 Å². The quantitative estimate of drug-likeness (QED) is 0.659. The van der Waals surface area contributed by atoms with Crippen LogP contribution in [-0.4, -0.2) is 40.9 Å². The SMILES string of the molecule is Cc1nc(NC(C)c2cccc(C(F)(F)F)c2C)c2cn(N3CCOCC3)c(=O)cc2n1. The lowest BCUT2D eigenvalue weighted by Gasteiger charge is -2.30. The second kappa shape index (κ2) is 8.42. The molecule has 1 fully saturated rings. The number of ether oxygens (including phenoxy) is 1. The maximum atomic E-state index is 13.4. The van der Waals surface area contributed by atoms with Gasteiger partial charge >= 0.3 is 6.18 Å². The molecule has 3 aromatic rings. The van der Waals surface area contributed by atoms with Crippen molar-refractivity contribution in [2.24, 2.45) is 0 Å². The van der Waals surface area contributed by atoms with Crippen molar-refractivity contribution >= 4 is 16.7 Å². The van der Waals surface area contributed by atoms with Gasteiger partial charge < -0.3 is 15.1 Å². The molecule has 1 saturated heterocycles. The molecular weight excluding hydrogens is 423 g/mol. The lowest BCUT2D eigenvalue weighted by Crippen LogP contribution is -2.48. The second-order valence-corrected chi connectivity index (χ2v) is 7.82. The average molecular weight is 447 g/mol.